The summed E-state index contributed by atoms with van der Waals surface area (Å²) in [6.07, 6.45) is 14.4. The maximum atomic E-state index is 12.6. The van der Waals surface area contributed by atoms with Crippen molar-refractivity contribution in [3.63, 3.8) is 0 Å². The van der Waals surface area contributed by atoms with Gasteiger partial charge in [0.1, 0.15) is 5.78 Å². The van der Waals surface area contributed by atoms with Gasteiger partial charge in [-0.2, -0.15) is 0 Å². The zero-order valence-electron chi connectivity index (χ0n) is 23.3. The topological polar surface area (TPSA) is 90.7 Å². The molecule has 0 rings (SSSR count). The van der Waals surface area contributed by atoms with Crippen molar-refractivity contribution < 1.29 is 19.1 Å². The molecule has 0 radical (unpaired) electrons. The first-order valence-corrected chi connectivity index (χ1v) is 14.0. The first-order valence-electron chi connectivity index (χ1n) is 14.0. The van der Waals surface area contributed by atoms with E-state index in [0.29, 0.717) is 58.3 Å². The number of ketones is 1. The van der Waals surface area contributed by atoms with E-state index in [4.69, 9.17) is 15.2 Å². The summed E-state index contributed by atoms with van der Waals surface area (Å²) in [5.74, 6) is 1.16. The minimum atomic E-state index is -0.240. The van der Waals surface area contributed by atoms with Crippen LogP contribution in [0.3, 0.4) is 0 Å². The molecule has 210 valence electrons. The fourth-order valence-electron chi connectivity index (χ4n) is 4.14. The summed E-state index contributed by atoms with van der Waals surface area (Å²) in [6.45, 7) is 11.7. The van der Waals surface area contributed by atoms with Crippen LogP contribution >= 0.6 is 12.4 Å². The highest BCUT2D eigenvalue weighted by molar-refractivity contribution is 5.86. The second kappa shape index (κ2) is 26.4. The largest absolute Gasteiger partial charge is 0.378 e. The highest BCUT2D eigenvalue weighted by Gasteiger charge is 2.22. The Hall–Kier alpha value is -0.690. The molecule has 0 spiro atoms. The number of carbonyl (C=O) groups excluding carboxylic acids is 2. The van der Waals surface area contributed by atoms with Gasteiger partial charge in [-0.3, -0.25) is 9.59 Å². The van der Waals surface area contributed by atoms with E-state index < -0.39 is 0 Å². The van der Waals surface area contributed by atoms with Crippen molar-refractivity contribution in [2.45, 2.75) is 111 Å². The number of hydrogen-bond acceptors (Lipinski definition) is 5. The van der Waals surface area contributed by atoms with Gasteiger partial charge in [0.2, 0.25) is 5.91 Å². The number of unbranched alkanes of at least 4 members (excludes halogenated alkanes) is 8. The highest BCUT2D eigenvalue weighted by atomic mass is 35.5. The van der Waals surface area contributed by atoms with Crippen LogP contribution in [0.4, 0.5) is 0 Å². The summed E-state index contributed by atoms with van der Waals surface area (Å²) in [5, 5.41) is 2.93. The molecule has 0 bridgehead atoms. The van der Waals surface area contributed by atoms with Gasteiger partial charge in [0.25, 0.3) is 0 Å². The summed E-state index contributed by atoms with van der Waals surface area (Å²) in [5.41, 5.74) is 5.36. The van der Waals surface area contributed by atoms with Crippen molar-refractivity contribution in [3.8, 4) is 0 Å². The second-order valence-electron chi connectivity index (χ2n) is 10.5. The molecule has 0 aliphatic heterocycles. The van der Waals surface area contributed by atoms with Crippen LogP contribution in [0.5, 0.6) is 0 Å². The summed E-state index contributed by atoms with van der Waals surface area (Å²) in [7, 11) is 0. The minimum absolute atomic E-state index is 0. The number of amides is 1. The molecule has 35 heavy (non-hydrogen) atoms. The van der Waals surface area contributed by atoms with Gasteiger partial charge < -0.3 is 20.5 Å². The molecule has 0 saturated carbocycles. The van der Waals surface area contributed by atoms with Crippen LogP contribution in [-0.2, 0) is 19.1 Å². The summed E-state index contributed by atoms with van der Waals surface area (Å²) in [6, 6.07) is 0. The van der Waals surface area contributed by atoms with Gasteiger partial charge in [0.15, 0.2) is 0 Å². The van der Waals surface area contributed by atoms with Gasteiger partial charge in [0.05, 0.1) is 26.4 Å². The van der Waals surface area contributed by atoms with Gasteiger partial charge in [-0.05, 0) is 24.7 Å². The zero-order valence-corrected chi connectivity index (χ0v) is 24.1. The van der Waals surface area contributed by atoms with E-state index >= 15 is 0 Å². The first kappa shape index (κ1) is 36.5. The molecule has 0 aromatic rings. The third-order valence-corrected chi connectivity index (χ3v) is 6.02. The lowest BCUT2D eigenvalue weighted by atomic mass is 9.90. The fourth-order valence-corrected chi connectivity index (χ4v) is 4.14. The fraction of sp³-hybridized carbons (Fsp3) is 0.929. The molecule has 0 aromatic carbocycles. The van der Waals surface area contributed by atoms with Gasteiger partial charge in [-0.15, -0.1) is 12.4 Å². The van der Waals surface area contributed by atoms with Crippen molar-refractivity contribution >= 4 is 24.1 Å². The van der Waals surface area contributed by atoms with E-state index in [1.165, 1.54) is 51.4 Å². The molecular weight excluding hydrogens is 464 g/mol. The van der Waals surface area contributed by atoms with Crippen LogP contribution in [-0.4, -0.2) is 51.2 Å². The van der Waals surface area contributed by atoms with Crippen LogP contribution in [0.2, 0.25) is 0 Å². The molecule has 6 nitrogen and oxygen atoms in total. The Balaban J connectivity index is 0. The number of Topliss-reactive ketones (excluding diaryl/α,β-unsaturated/α-hetero) is 1. The number of nitrogens with two attached hydrogens (primary N) is 1. The van der Waals surface area contributed by atoms with Gasteiger partial charge in [-0.1, -0.05) is 85.5 Å². The van der Waals surface area contributed by atoms with Crippen LogP contribution in [0, 0.1) is 17.8 Å². The molecule has 0 heterocycles. The van der Waals surface area contributed by atoms with Crippen LogP contribution in [0.15, 0.2) is 0 Å². The third-order valence-electron chi connectivity index (χ3n) is 6.02. The highest BCUT2D eigenvalue weighted by Crippen LogP contribution is 2.19. The van der Waals surface area contributed by atoms with Crippen molar-refractivity contribution in [2.75, 3.05) is 39.5 Å². The summed E-state index contributed by atoms with van der Waals surface area (Å²) in [4.78, 5) is 25.1. The molecule has 0 saturated heterocycles. The number of halogens is 1. The van der Waals surface area contributed by atoms with E-state index in [2.05, 4.69) is 33.0 Å². The average molecular weight is 521 g/mol. The quantitative estimate of drug-likeness (QED) is 0.142. The minimum Gasteiger partial charge on any atom is -0.378 e. The van der Waals surface area contributed by atoms with Gasteiger partial charge >= 0.3 is 0 Å². The molecule has 7 heteroatoms. The average Bonchev–Trinajstić information content (AvgIpc) is 2.78. The molecule has 3 N–H and O–H groups in total. The Labute approximate surface area is 222 Å². The molecule has 1 unspecified atom stereocenters. The Kier molecular flexibility index (Phi) is 27.5. The SMILES string of the molecule is CC(C)CCCCCCCCCCCC(=O)CC(CC(C)C)C(=O)NCCOCCOCCN.Cl. The van der Waals surface area contributed by atoms with Gasteiger partial charge in [-0.25, -0.2) is 0 Å². The number of carbonyl (C=O) groups is 2. The number of nitrogens with one attached hydrogen (secondary N) is 1. The van der Waals surface area contributed by atoms with Crippen LogP contribution in [0.25, 0.3) is 0 Å². The lowest BCUT2D eigenvalue weighted by Crippen LogP contribution is -2.35. The standard InChI is InChI=1S/C28H56N2O4.ClH/c1-24(2)14-12-10-8-6-5-7-9-11-13-15-27(31)23-26(22-25(3)4)28(32)30-17-19-34-21-20-33-18-16-29;/h24-26H,5-23,29H2,1-4H3,(H,30,32);1H. The molecule has 0 aromatic heterocycles. The Morgan fingerprint density at radius 3 is 1.83 bits per heavy atom. The van der Waals surface area contributed by atoms with Gasteiger partial charge in [0, 0.05) is 31.8 Å². The molecular formula is C28H57ClN2O4. The van der Waals surface area contributed by atoms with E-state index in [1.807, 2.05) is 0 Å². The summed E-state index contributed by atoms with van der Waals surface area (Å²) < 4.78 is 10.7. The monoisotopic (exact) mass is 520 g/mol. The Bertz CT molecular complexity index is 490. The van der Waals surface area contributed by atoms with E-state index in [-0.39, 0.29) is 30.0 Å². The van der Waals surface area contributed by atoms with E-state index in [9.17, 15) is 9.59 Å². The normalized spacial score (nSPS) is 12.1. The van der Waals surface area contributed by atoms with Crippen LogP contribution < -0.4 is 11.1 Å². The first-order chi connectivity index (χ1) is 16.4. The predicted molar refractivity (Wildman–Crippen MR) is 149 cm³/mol. The lowest BCUT2D eigenvalue weighted by molar-refractivity contribution is -0.130. The molecule has 0 aliphatic rings. The third kappa shape index (κ3) is 26.2. The number of hydrogen-bond donors (Lipinski definition) is 2. The van der Waals surface area contributed by atoms with Crippen LogP contribution in [0.1, 0.15) is 111 Å². The smallest absolute Gasteiger partial charge is 0.223 e. The number of rotatable bonds is 25. The molecule has 1 amide bonds. The summed E-state index contributed by atoms with van der Waals surface area (Å²) >= 11 is 0. The maximum Gasteiger partial charge on any atom is 0.223 e. The van der Waals surface area contributed by atoms with Crippen molar-refractivity contribution in [2.24, 2.45) is 23.5 Å². The van der Waals surface area contributed by atoms with Crippen molar-refractivity contribution in [1.82, 2.24) is 5.32 Å². The maximum absolute atomic E-state index is 12.6. The predicted octanol–water partition coefficient (Wildman–Crippen LogP) is 6.08. The number of ether oxygens (including phenoxy) is 2. The second-order valence-corrected chi connectivity index (χ2v) is 10.5. The molecule has 0 aliphatic carbocycles. The Morgan fingerprint density at radius 1 is 0.743 bits per heavy atom. The molecule has 1 atom stereocenters. The zero-order chi connectivity index (χ0) is 25.4. The lowest BCUT2D eigenvalue weighted by Gasteiger charge is -2.18. The Morgan fingerprint density at radius 2 is 1.29 bits per heavy atom. The van der Waals surface area contributed by atoms with E-state index in [1.54, 1.807) is 0 Å². The van der Waals surface area contributed by atoms with Crippen molar-refractivity contribution in [3.05, 3.63) is 0 Å². The molecule has 0 fully saturated rings. The van der Waals surface area contributed by atoms with Crippen molar-refractivity contribution in [1.29, 1.82) is 0 Å². The van der Waals surface area contributed by atoms with E-state index in [0.717, 1.165) is 25.2 Å².